The summed E-state index contributed by atoms with van der Waals surface area (Å²) >= 11 is 6.13. The maximum atomic E-state index is 10.3. The van der Waals surface area contributed by atoms with Crippen LogP contribution in [-0.2, 0) is 7.05 Å². The predicted octanol–water partition coefficient (Wildman–Crippen LogP) is 3.61. The smallest absolute Gasteiger partial charge is 0.126 e. The van der Waals surface area contributed by atoms with E-state index in [1.54, 1.807) is 6.07 Å². The quantitative estimate of drug-likeness (QED) is 0.751. The molecule has 2 unspecified atom stereocenters. The van der Waals surface area contributed by atoms with Crippen molar-refractivity contribution in [1.29, 1.82) is 0 Å². The molecule has 0 aliphatic heterocycles. The fourth-order valence-corrected chi connectivity index (χ4v) is 3.05. The lowest BCUT2D eigenvalue weighted by Crippen LogP contribution is -2.26. The summed E-state index contributed by atoms with van der Waals surface area (Å²) in [5.41, 5.74) is 2.81. The SMILES string of the molecule is CC(NCC(O)c1ccccc1Cl)c1nc2ccccc2n1C. The molecule has 0 saturated heterocycles. The molecular formula is C18H20ClN3O. The lowest BCUT2D eigenvalue weighted by molar-refractivity contribution is 0.170. The number of aryl methyl sites for hydroxylation is 1. The second-order valence-corrected chi connectivity index (χ2v) is 6.09. The number of para-hydroxylation sites is 2. The minimum Gasteiger partial charge on any atom is -0.387 e. The molecule has 0 aliphatic carbocycles. The number of rotatable bonds is 5. The van der Waals surface area contributed by atoms with Gasteiger partial charge in [0.25, 0.3) is 0 Å². The molecule has 0 bridgehead atoms. The third kappa shape index (κ3) is 3.24. The number of aliphatic hydroxyl groups is 1. The number of benzene rings is 2. The molecule has 23 heavy (non-hydrogen) atoms. The Bertz CT molecular complexity index is 815. The average molecular weight is 330 g/mol. The standard InChI is InChI=1S/C18H20ClN3O/c1-12(18-21-15-9-5-6-10-16(15)22(18)2)20-11-17(23)13-7-3-4-8-14(13)19/h3-10,12,17,20,23H,11H2,1-2H3. The highest BCUT2D eigenvalue weighted by atomic mass is 35.5. The van der Waals surface area contributed by atoms with E-state index in [2.05, 4.69) is 20.9 Å². The fraction of sp³-hybridized carbons (Fsp3) is 0.278. The number of hydrogen-bond acceptors (Lipinski definition) is 3. The van der Waals surface area contributed by atoms with Gasteiger partial charge in [0.05, 0.1) is 23.2 Å². The summed E-state index contributed by atoms with van der Waals surface area (Å²) in [6, 6.07) is 15.4. The molecule has 120 valence electrons. The van der Waals surface area contributed by atoms with Crippen molar-refractivity contribution < 1.29 is 5.11 Å². The largest absolute Gasteiger partial charge is 0.387 e. The molecule has 0 saturated carbocycles. The van der Waals surface area contributed by atoms with Crippen molar-refractivity contribution >= 4 is 22.6 Å². The Morgan fingerprint density at radius 2 is 1.87 bits per heavy atom. The van der Waals surface area contributed by atoms with Gasteiger partial charge in [-0.05, 0) is 25.1 Å². The topological polar surface area (TPSA) is 50.1 Å². The molecule has 2 N–H and O–H groups in total. The Morgan fingerprint density at radius 1 is 1.17 bits per heavy atom. The Hall–Kier alpha value is -1.88. The fourth-order valence-electron chi connectivity index (χ4n) is 2.79. The van der Waals surface area contributed by atoms with Crippen molar-refractivity contribution in [3.63, 3.8) is 0 Å². The zero-order valence-corrected chi connectivity index (χ0v) is 14.0. The van der Waals surface area contributed by atoms with Crippen molar-refractivity contribution in [3.05, 3.63) is 64.9 Å². The summed E-state index contributed by atoms with van der Waals surface area (Å²) in [5.74, 6) is 0.942. The van der Waals surface area contributed by atoms with Crippen LogP contribution in [0.15, 0.2) is 48.5 Å². The highest BCUT2D eigenvalue weighted by Crippen LogP contribution is 2.23. The first-order valence-corrected chi connectivity index (χ1v) is 8.03. The number of hydrogen-bond donors (Lipinski definition) is 2. The van der Waals surface area contributed by atoms with Gasteiger partial charge in [-0.25, -0.2) is 4.98 Å². The van der Waals surface area contributed by atoms with E-state index in [9.17, 15) is 5.11 Å². The summed E-state index contributed by atoms with van der Waals surface area (Å²) in [4.78, 5) is 4.67. The van der Waals surface area contributed by atoms with Gasteiger partial charge < -0.3 is 15.0 Å². The van der Waals surface area contributed by atoms with Gasteiger partial charge >= 0.3 is 0 Å². The number of nitrogens with one attached hydrogen (secondary N) is 1. The molecule has 2 aromatic carbocycles. The molecule has 3 rings (SSSR count). The first-order valence-electron chi connectivity index (χ1n) is 7.65. The number of nitrogens with zero attached hydrogens (tertiary/aromatic N) is 2. The number of aromatic nitrogens is 2. The highest BCUT2D eigenvalue weighted by Gasteiger charge is 2.17. The van der Waals surface area contributed by atoms with Crippen LogP contribution in [0.5, 0.6) is 0 Å². The second kappa shape index (κ2) is 6.71. The van der Waals surface area contributed by atoms with Gasteiger partial charge in [-0.1, -0.05) is 41.9 Å². The summed E-state index contributed by atoms with van der Waals surface area (Å²) in [5, 5.41) is 14.2. The molecule has 2 atom stereocenters. The molecule has 0 radical (unpaired) electrons. The van der Waals surface area contributed by atoms with Crippen LogP contribution in [0.25, 0.3) is 11.0 Å². The van der Waals surface area contributed by atoms with Crippen molar-refractivity contribution in [2.45, 2.75) is 19.1 Å². The maximum Gasteiger partial charge on any atom is 0.126 e. The molecule has 3 aromatic rings. The van der Waals surface area contributed by atoms with Gasteiger partial charge in [0, 0.05) is 24.2 Å². The van der Waals surface area contributed by atoms with Crippen LogP contribution in [0.2, 0.25) is 5.02 Å². The lowest BCUT2D eigenvalue weighted by atomic mass is 10.1. The van der Waals surface area contributed by atoms with Crippen LogP contribution in [0, 0.1) is 0 Å². The summed E-state index contributed by atoms with van der Waals surface area (Å²) in [7, 11) is 2.01. The molecule has 1 aromatic heterocycles. The number of halogens is 1. The van der Waals surface area contributed by atoms with Gasteiger partial charge in [0.1, 0.15) is 5.82 Å². The third-order valence-corrected chi connectivity index (χ3v) is 4.43. The van der Waals surface area contributed by atoms with Crippen LogP contribution in [0.3, 0.4) is 0 Å². The van der Waals surface area contributed by atoms with Gasteiger partial charge in [0.2, 0.25) is 0 Å². The number of fused-ring (bicyclic) bond motifs is 1. The van der Waals surface area contributed by atoms with E-state index in [-0.39, 0.29) is 6.04 Å². The van der Waals surface area contributed by atoms with Crippen LogP contribution in [-0.4, -0.2) is 21.2 Å². The second-order valence-electron chi connectivity index (χ2n) is 5.68. The summed E-state index contributed by atoms with van der Waals surface area (Å²) in [6.07, 6.45) is -0.652. The van der Waals surface area contributed by atoms with Gasteiger partial charge in [-0.15, -0.1) is 0 Å². The van der Waals surface area contributed by atoms with E-state index in [0.717, 1.165) is 22.4 Å². The van der Waals surface area contributed by atoms with E-state index < -0.39 is 6.10 Å². The number of aliphatic hydroxyl groups excluding tert-OH is 1. The Balaban J connectivity index is 1.72. The molecule has 0 spiro atoms. The van der Waals surface area contributed by atoms with Crippen molar-refractivity contribution in [2.75, 3.05) is 6.54 Å². The normalized spacial score (nSPS) is 14.1. The summed E-state index contributed by atoms with van der Waals surface area (Å²) in [6.45, 7) is 2.45. The maximum absolute atomic E-state index is 10.3. The molecule has 0 amide bonds. The molecule has 0 fully saturated rings. The van der Waals surface area contributed by atoms with E-state index in [4.69, 9.17) is 11.6 Å². The molecule has 5 heteroatoms. The van der Waals surface area contributed by atoms with Crippen molar-refractivity contribution in [1.82, 2.24) is 14.9 Å². The first-order chi connectivity index (χ1) is 11.1. The average Bonchev–Trinajstić information content (AvgIpc) is 2.90. The van der Waals surface area contributed by atoms with Crippen molar-refractivity contribution in [3.8, 4) is 0 Å². The Morgan fingerprint density at radius 3 is 2.61 bits per heavy atom. The van der Waals surface area contributed by atoms with Crippen molar-refractivity contribution in [2.24, 2.45) is 7.05 Å². The zero-order chi connectivity index (χ0) is 16.4. The van der Waals surface area contributed by atoms with Gasteiger partial charge in [-0.3, -0.25) is 0 Å². The van der Waals surface area contributed by atoms with Gasteiger partial charge in [0.15, 0.2) is 0 Å². The Kier molecular flexibility index (Phi) is 4.66. The van der Waals surface area contributed by atoms with Crippen LogP contribution in [0.4, 0.5) is 0 Å². The van der Waals surface area contributed by atoms with E-state index in [1.165, 1.54) is 0 Å². The third-order valence-electron chi connectivity index (χ3n) is 4.09. The van der Waals surface area contributed by atoms with E-state index in [1.807, 2.05) is 50.4 Å². The van der Waals surface area contributed by atoms with Crippen LogP contribution in [0.1, 0.15) is 30.5 Å². The lowest BCUT2D eigenvalue weighted by Gasteiger charge is -2.18. The van der Waals surface area contributed by atoms with E-state index >= 15 is 0 Å². The zero-order valence-electron chi connectivity index (χ0n) is 13.2. The molecule has 1 heterocycles. The predicted molar refractivity (Wildman–Crippen MR) is 93.5 cm³/mol. The van der Waals surface area contributed by atoms with Crippen LogP contribution < -0.4 is 5.32 Å². The monoisotopic (exact) mass is 329 g/mol. The molecular weight excluding hydrogens is 310 g/mol. The molecule has 4 nitrogen and oxygen atoms in total. The summed E-state index contributed by atoms with van der Waals surface area (Å²) < 4.78 is 2.08. The number of imidazole rings is 1. The van der Waals surface area contributed by atoms with E-state index in [0.29, 0.717) is 11.6 Å². The minimum atomic E-state index is -0.652. The van der Waals surface area contributed by atoms with Crippen LogP contribution >= 0.6 is 11.6 Å². The highest BCUT2D eigenvalue weighted by molar-refractivity contribution is 6.31. The first kappa shape index (κ1) is 16.0. The minimum absolute atomic E-state index is 0.0181. The van der Waals surface area contributed by atoms with Gasteiger partial charge in [-0.2, -0.15) is 0 Å². The molecule has 0 aliphatic rings. The Labute approximate surface area is 140 Å².